The van der Waals surface area contributed by atoms with Gasteiger partial charge in [-0.15, -0.1) is 0 Å². The summed E-state index contributed by atoms with van der Waals surface area (Å²) in [6, 6.07) is 0. The van der Waals surface area contributed by atoms with Crippen LogP contribution in [0.4, 0.5) is 0 Å². The van der Waals surface area contributed by atoms with Gasteiger partial charge in [-0.25, -0.2) is 5.48 Å². The Balaban J connectivity index is 5.01. The van der Waals surface area contributed by atoms with Gasteiger partial charge < -0.3 is 0 Å². The van der Waals surface area contributed by atoms with Crippen LogP contribution >= 0.6 is 0 Å². The van der Waals surface area contributed by atoms with Crippen LogP contribution in [0.5, 0.6) is 0 Å². The van der Waals surface area contributed by atoms with Gasteiger partial charge in [0.15, 0.2) is 0 Å². The van der Waals surface area contributed by atoms with Gasteiger partial charge >= 0.3 is 0 Å². The van der Waals surface area contributed by atoms with Gasteiger partial charge in [0.1, 0.15) is 0 Å². The fraction of sp³-hybridized carbons (Fsp3) is 0.769. The minimum Gasteiger partial charge on any atom is -0.289 e. The number of amides is 1. The average Bonchev–Trinajstić information content (AvgIpc) is 2.30. The van der Waals surface area contributed by atoms with E-state index in [0.717, 1.165) is 6.42 Å². The molecule has 0 fully saturated rings. The molecule has 3 nitrogen and oxygen atoms in total. The predicted octanol–water partition coefficient (Wildman–Crippen LogP) is 3.29. The number of carbonyl (C=O) groups excluding carboxylic acids is 1. The molecule has 2 N–H and O–H groups in total. The van der Waals surface area contributed by atoms with Crippen molar-refractivity contribution >= 4 is 5.91 Å². The van der Waals surface area contributed by atoms with Crippen molar-refractivity contribution in [3.05, 3.63) is 12.2 Å². The van der Waals surface area contributed by atoms with E-state index in [9.17, 15) is 4.79 Å². The van der Waals surface area contributed by atoms with E-state index in [0.29, 0.717) is 12.8 Å². The number of nitrogens with one attached hydrogen (secondary N) is 1. The maximum absolute atomic E-state index is 11.7. The summed E-state index contributed by atoms with van der Waals surface area (Å²) in [4.78, 5) is 11.7. The van der Waals surface area contributed by atoms with Crippen LogP contribution in [-0.2, 0) is 4.79 Å². The highest BCUT2D eigenvalue weighted by Gasteiger charge is 2.32. The molecule has 94 valence electrons. The Morgan fingerprint density at radius 3 is 1.94 bits per heavy atom. The zero-order chi connectivity index (χ0) is 12.8. The first-order valence-corrected chi connectivity index (χ1v) is 6.02. The van der Waals surface area contributed by atoms with E-state index in [1.807, 2.05) is 19.9 Å². The van der Waals surface area contributed by atoms with Crippen LogP contribution in [0, 0.1) is 10.8 Å². The minimum atomic E-state index is -0.582. The lowest BCUT2D eigenvalue weighted by molar-refractivity contribution is -0.137. The van der Waals surface area contributed by atoms with Crippen LogP contribution in [0.2, 0.25) is 0 Å². The normalized spacial score (nSPS) is 13.1. The van der Waals surface area contributed by atoms with E-state index in [-0.39, 0.29) is 11.3 Å². The summed E-state index contributed by atoms with van der Waals surface area (Å²) in [6.07, 6.45) is 6.42. The van der Waals surface area contributed by atoms with Crippen LogP contribution < -0.4 is 5.48 Å². The molecule has 16 heavy (non-hydrogen) atoms. The van der Waals surface area contributed by atoms with E-state index >= 15 is 0 Å². The van der Waals surface area contributed by atoms with Crippen molar-refractivity contribution in [2.24, 2.45) is 10.8 Å². The molecule has 0 atom stereocenters. The fourth-order valence-corrected chi connectivity index (χ4v) is 1.50. The highest BCUT2D eigenvalue weighted by atomic mass is 16.5. The Morgan fingerprint density at radius 2 is 1.62 bits per heavy atom. The Morgan fingerprint density at radius 1 is 1.12 bits per heavy atom. The third-order valence-corrected chi connectivity index (χ3v) is 3.58. The van der Waals surface area contributed by atoms with Gasteiger partial charge in [-0.3, -0.25) is 10.0 Å². The number of hydrogen-bond donors (Lipinski definition) is 2. The zero-order valence-corrected chi connectivity index (χ0v) is 11.1. The molecular formula is C13H25NO2. The highest BCUT2D eigenvalue weighted by molar-refractivity contribution is 5.83. The van der Waals surface area contributed by atoms with E-state index < -0.39 is 5.41 Å². The van der Waals surface area contributed by atoms with Crippen molar-refractivity contribution in [2.45, 2.75) is 53.9 Å². The number of hydroxylamine groups is 1. The Kier molecular flexibility index (Phi) is 5.73. The molecule has 0 aromatic rings. The van der Waals surface area contributed by atoms with Crippen LogP contribution in [0.1, 0.15) is 53.9 Å². The van der Waals surface area contributed by atoms with Crippen molar-refractivity contribution in [1.82, 2.24) is 5.48 Å². The second kappa shape index (κ2) is 6.04. The van der Waals surface area contributed by atoms with Gasteiger partial charge in [0, 0.05) is 0 Å². The molecule has 0 spiro atoms. The molecule has 0 saturated carbocycles. The van der Waals surface area contributed by atoms with Gasteiger partial charge in [0.25, 0.3) is 5.91 Å². The predicted molar refractivity (Wildman–Crippen MR) is 66.2 cm³/mol. The van der Waals surface area contributed by atoms with Crippen molar-refractivity contribution in [3.8, 4) is 0 Å². The lowest BCUT2D eigenvalue weighted by atomic mass is 9.78. The van der Waals surface area contributed by atoms with Gasteiger partial charge in [0.05, 0.1) is 5.41 Å². The molecule has 0 aliphatic heterocycles. The fourth-order valence-electron chi connectivity index (χ4n) is 1.50. The van der Waals surface area contributed by atoms with E-state index in [1.54, 1.807) is 5.48 Å². The van der Waals surface area contributed by atoms with Crippen molar-refractivity contribution in [3.63, 3.8) is 0 Å². The molecule has 0 heterocycles. The van der Waals surface area contributed by atoms with Gasteiger partial charge in [-0.2, -0.15) is 0 Å². The molecule has 0 bridgehead atoms. The molecule has 0 aliphatic carbocycles. The van der Waals surface area contributed by atoms with Crippen molar-refractivity contribution < 1.29 is 10.0 Å². The van der Waals surface area contributed by atoms with Crippen molar-refractivity contribution in [2.75, 3.05) is 0 Å². The van der Waals surface area contributed by atoms with Gasteiger partial charge in [-0.05, 0) is 24.7 Å². The Hall–Kier alpha value is -0.830. The molecule has 0 aromatic heterocycles. The summed E-state index contributed by atoms with van der Waals surface area (Å²) in [5, 5.41) is 8.79. The summed E-state index contributed by atoms with van der Waals surface area (Å²) >= 11 is 0. The van der Waals surface area contributed by atoms with E-state index in [1.165, 1.54) is 0 Å². The Bertz CT molecular complexity index is 253. The second-order valence-corrected chi connectivity index (χ2v) is 4.98. The van der Waals surface area contributed by atoms with Crippen LogP contribution in [0.3, 0.4) is 0 Å². The zero-order valence-electron chi connectivity index (χ0n) is 11.1. The summed E-state index contributed by atoms with van der Waals surface area (Å²) in [7, 11) is 0. The molecule has 0 radical (unpaired) electrons. The molecular weight excluding hydrogens is 202 g/mol. The first-order chi connectivity index (χ1) is 7.37. The highest BCUT2D eigenvalue weighted by Crippen LogP contribution is 2.31. The molecule has 0 unspecified atom stereocenters. The monoisotopic (exact) mass is 227 g/mol. The van der Waals surface area contributed by atoms with Crippen LogP contribution in [0.25, 0.3) is 0 Å². The summed E-state index contributed by atoms with van der Waals surface area (Å²) in [5.41, 5.74) is 1.28. The Labute approximate surface area is 98.9 Å². The molecule has 0 aromatic carbocycles. The average molecular weight is 227 g/mol. The maximum atomic E-state index is 11.7. The van der Waals surface area contributed by atoms with Crippen molar-refractivity contribution in [1.29, 1.82) is 0 Å². The molecule has 0 aliphatic rings. The largest absolute Gasteiger partial charge is 0.289 e. The number of rotatable bonds is 6. The first kappa shape index (κ1) is 15.2. The first-order valence-electron chi connectivity index (χ1n) is 6.02. The summed E-state index contributed by atoms with van der Waals surface area (Å²) in [6.45, 7) is 10.3. The topological polar surface area (TPSA) is 49.3 Å². The maximum Gasteiger partial charge on any atom is 0.253 e. The molecule has 1 amide bonds. The smallest absolute Gasteiger partial charge is 0.253 e. The SMILES string of the molecule is CCC(C)(C)C=CC(CC)(CC)C(=O)NO. The number of hydrogen-bond acceptors (Lipinski definition) is 2. The number of carbonyl (C=O) groups is 1. The van der Waals surface area contributed by atoms with E-state index in [4.69, 9.17) is 5.21 Å². The number of allylic oxidation sites excluding steroid dienone is 1. The van der Waals surface area contributed by atoms with E-state index in [2.05, 4.69) is 26.8 Å². The molecule has 0 saturated heterocycles. The minimum absolute atomic E-state index is 0.0886. The molecule has 3 heteroatoms. The third kappa shape index (κ3) is 3.63. The summed E-state index contributed by atoms with van der Waals surface area (Å²) in [5.74, 6) is -0.319. The van der Waals surface area contributed by atoms with Gasteiger partial charge in [-0.1, -0.05) is 46.8 Å². The van der Waals surface area contributed by atoms with Crippen LogP contribution in [-0.4, -0.2) is 11.1 Å². The lowest BCUT2D eigenvalue weighted by Crippen LogP contribution is -2.37. The van der Waals surface area contributed by atoms with Gasteiger partial charge in [0.2, 0.25) is 0 Å². The van der Waals surface area contributed by atoms with Crippen LogP contribution in [0.15, 0.2) is 12.2 Å². The molecule has 0 rings (SSSR count). The second-order valence-electron chi connectivity index (χ2n) is 4.98. The third-order valence-electron chi connectivity index (χ3n) is 3.58. The standard InChI is InChI=1S/C13H25NO2/c1-6-12(4,5)9-10-13(7-2,8-3)11(15)14-16/h9-10,16H,6-8H2,1-5H3,(H,14,15). The quantitative estimate of drug-likeness (QED) is 0.415. The summed E-state index contributed by atoms with van der Waals surface area (Å²) < 4.78 is 0. The lowest BCUT2D eigenvalue weighted by Gasteiger charge is -2.27.